The molecule has 3 N–H and O–H groups in total. The molecule has 0 aromatic rings. The first kappa shape index (κ1) is 11.8. The van der Waals surface area contributed by atoms with E-state index in [4.69, 9.17) is 9.84 Å². The number of esters is 1. The lowest BCUT2D eigenvalue weighted by Gasteiger charge is -2.16. The van der Waals surface area contributed by atoms with Crippen molar-refractivity contribution in [2.45, 2.75) is 25.6 Å². The van der Waals surface area contributed by atoms with E-state index in [1.165, 1.54) is 0 Å². The van der Waals surface area contributed by atoms with E-state index in [0.29, 0.717) is 6.61 Å². The van der Waals surface area contributed by atoms with Crippen LogP contribution in [0.4, 0.5) is 0 Å². The number of hydrogen-bond acceptors (Lipinski definition) is 6. The molecule has 1 heterocycles. The molecule has 2 unspecified atom stereocenters. The van der Waals surface area contributed by atoms with Gasteiger partial charge in [0.05, 0.1) is 6.61 Å². The van der Waals surface area contributed by atoms with Gasteiger partial charge in [-0.05, 0) is 6.42 Å². The molecule has 6 nitrogen and oxygen atoms in total. The van der Waals surface area contributed by atoms with Gasteiger partial charge in [0.15, 0.2) is 11.9 Å². The van der Waals surface area contributed by atoms with Gasteiger partial charge in [0.2, 0.25) is 5.76 Å². The van der Waals surface area contributed by atoms with Crippen LogP contribution in [0.25, 0.3) is 0 Å². The van der Waals surface area contributed by atoms with E-state index >= 15 is 0 Å². The highest BCUT2D eigenvalue weighted by Crippen LogP contribution is 2.21. The lowest BCUT2D eigenvalue weighted by atomic mass is 10.2. The van der Waals surface area contributed by atoms with Crippen molar-refractivity contribution in [3.8, 4) is 0 Å². The van der Waals surface area contributed by atoms with E-state index < -0.39 is 29.7 Å². The maximum Gasteiger partial charge on any atom is 0.377 e. The first-order valence-corrected chi connectivity index (χ1v) is 4.66. The van der Waals surface area contributed by atoms with Gasteiger partial charge in [-0.15, -0.1) is 0 Å². The Morgan fingerprint density at radius 1 is 1.53 bits per heavy atom. The summed E-state index contributed by atoms with van der Waals surface area (Å²) >= 11 is 0. The van der Waals surface area contributed by atoms with Crippen LogP contribution in [0.15, 0.2) is 11.5 Å². The topological polar surface area (TPSA) is 96.2 Å². The molecule has 0 saturated heterocycles. The minimum atomic E-state index is -1.23. The van der Waals surface area contributed by atoms with Crippen molar-refractivity contribution < 1.29 is 29.6 Å². The third-order valence-corrected chi connectivity index (χ3v) is 1.93. The third-order valence-electron chi connectivity index (χ3n) is 1.93. The van der Waals surface area contributed by atoms with E-state index in [0.717, 1.165) is 6.42 Å². The molecule has 1 rings (SSSR count). The van der Waals surface area contributed by atoms with Crippen LogP contribution in [0.2, 0.25) is 0 Å². The van der Waals surface area contributed by atoms with Gasteiger partial charge in [0, 0.05) is 6.61 Å². The third kappa shape index (κ3) is 2.60. The van der Waals surface area contributed by atoms with Crippen molar-refractivity contribution in [2.24, 2.45) is 0 Å². The number of carbonyl (C=O) groups excluding carboxylic acids is 1. The van der Waals surface area contributed by atoms with Gasteiger partial charge >= 0.3 is 5.97 Å². The molecule has 1 aliphatic heterocycles. The molecular formula is C9H14O6. The predicted octanol–water partition coefficient (Wildman–Crippen LogP) is 0.0269. The fourth-order valence-corrected chi connectivity index (χ4v) is 1.16. The number of carbonyl (C=O) groups is 1. The molecule has 0 aliphatic carbocycles. The summed E-state index contributed by atoms with van der Waals surface area (Å²) in [6.07, 6.45) is -1.61. The lowest BCUT2D eigenvalue weighted by Crippen LogP contribution is -2.32. The van der Waals surface area contributed by atoms with E-state index in [1.54, 1.807) is 0 Å². The zero-order chi connectivity index (χ0) is 11.4. The molecular weight excluding hydrogens is 204 g/mol. The maximum atomic E-state index is 10.8. The monoisotopic (exact) mass is 218 g/mol. The Labute approximate surface area is 86.7 Å². The summed E-state index contributed by atoms with van der Waals surface area (Å²) in [4.78, 5) is 10.8. The van der Waals surface area contributed by atoms with E-state index in [-0.39, 0.29) is 6.61 Å². The van der Waals surface area contributed by atoms with Crippen LogP contribution in [0.1, 0.15) is 13.3 Å². The number of aliphatic hydroxyl groups is 3. The summed E-state index contributed by atoms with van der Waals surface area (Å²) in [6, 6.07) is 0. The Balaban J connectivity index is 2.48. The smallest absolute Gasteiger partial charge is 0.377 e. The largest absolute Gasteiger partial charge is 0.505 e. The van der Waals surface area contributed by atoms with Crippen molar-refractivity contribution >= 4 is 5.97 Å². The Morgan fingerprint density at radius 2 is 2.20 bits per heavy atom. The first-order chi connectivity index (χ1) is 7.07. The van der Waals surface area contributed by atoms with Crippen LogP contribution in [-0.2, 0) is 14.3 Å². The molecule has 0 amide bonds. The van der Waals surface area contributed by atoms with Crippen LogP contribution in [-0.4, -0.2) is 46.7 Å². The second-order valence-corrected chi connectivity index (χ2v) is 3.20. The van der Waals surface area contributed by atoms with Crippen molar-refractivity contribution in [1.29, 1.82) is 0 Å². The maximum absolute atomic E-state index is 10.8. The number of hydrogen-bond donors (Lipinski definition) is 3. The van der Waals surface area contributed by atoms with Gasteiger partial charge in [-0.25, -0.2) is 4.79 Å². The van der Waals surface area contributed by atoms with Crippen molar-refractivity contribution in [3.63, 3.8) is 0 Å². The Hall–Kier alpha value is -1.27. The summed E-state index contributed by atoms with van der Waals surface area (Å²) in [5.41, 5.74) is 0. The van der Waals surface area contributed by atoms with Gasteiger partial charge < -0.3 is 24.8 Å². The summed E-state index contributed by atoms with van der Waals surface area (Å²) in [6.45, 7) is 2.31. The normalized spacial score (nSPS) is 23.1. The molecule has 1 aliphatic rings. The molecule has 0 radical (unpaired) electrons. The Bertz CT molecular complexity index is 272. The quantitative estimate of drug-likeness (QED) is 0.445. The Kier molecular flexibility index (Phi) is 3.93. The first-order valence-electron chi connectivity index (χ1n) is 4.66. The van der Waals surface area contributed by atoms with Crippen LogP contribution in [0, 0.1) is 0 Å². The zero-order valence-electron chi connectivity index (χ0n) is 8.34. The molecule has 0 aromatic carbocycles. The van der Waals surface area contributed by atoms with Gasteiger partial charge in [0.25, 0.3) is 0 Å². The van der Waals surface area contributed by atoms with Crippen LogP contribution >= 0.6 is 0 Å². The standard InChI is InChI=1S/C9H14O6/c1-2-3-14-4-5(10)8-6(11)7(12)9(13)15-8/h5,8,10-12H,2-4H2,1H3. The summed E-state index contributed by atoms with van der Waals surface area (Å²) in [7, 11) is 0. The van der Waals surface area contributed by atoms with E-state index in [2.05, 4.69) is 4.74 Å². The highest BCUT2D eigenvalue weighted by atomic mass is 16.6. The van der Waals surface area contributed by atoms with Gasteiger partial charge in [-0.2, -0.15) is 0 Å². The molecule has 0 spiro atoms. The van der Waals surface area contributed by atoms with Crippen molar-refractivity contribution in [3.05, 3.63) is 11.5 Å². The summed E-state index contributed by atoms with van der Waals surface area (Å²) in [5, 5.41) is 27.7. The number of cyclic esters (lactones) is 1. The summed E-state index contributed by atoms with van der Waals surface area (Å²) in [5.74, 6) is -2.53. The fraction of sp³-hybridized carbons (Fsp3) is 0.667. The number of rotatable bonds is 5. The van der Waals surface area contributed by atoms with Crippen LogP contribution in [0.3, 0.4) is 0 Å². The molecule has 2 atom stereocenters. The van der Waals surface area contributed by atoms with E-state index in [1.807, 2.05) is 6.92 Å². The van der Waals surface area contributed by atoms with Crippen LogP contribution < -0.4 is 0 Å². The van der Waals surface area contributed by atoms with Gasteiger partial charge in [-0.1, -0.05) is 6.92 Å². The Morgan fingerprint density at radius 3 is 2.67 bits per heavy atom. The van der Waals surface area contributed by atoms with Crippen LogP contribution in [0.5, 0.6) is 0 Å². The van der Waals surface area contributed by atoms with Gasteiger partial charge in [-0.3, -0.25) is 0 Å². The SMILES string of the molecule is CCCOCC(O)C1OC(=O)C(O)=C1O. The molecule has 15 heavy (non-hydrogen) atoms. The predicted molar refractivity (Wildman–Crippen MR) is 49.3 cm³/mol. The highest BCUT2D eigenvalue weighted by molar-refractivity contribution is 5.89. The lowest BCUT2D eigenvalue weighted by molar-refractivity contribution is -0.148. The average Bonchev–Trinajstić information content (AvgIpc) is 2.46. The molecule has 0 bridgehead atoms. The fourth-order valence-electron chi connectivity index (χ4n) is 1.16. The van der Waals surface area contributed by atoms with Gasteiger partial charge in [0.1, 0.15) is 6.10 Å². The summed E-state index contributed by atoms with van der Waals surface area (Å²) < 4.78 is 9.55. The molecule has 0 aromatic heterocycles. The second kappa shape index (κ2) is 4.99. The molecule has 0 fully saturated rings. The minimum Gasteiger partial charge on any atom is -0.505 e. The zero-order valence-corrected chi connectivity index (χ0v) is 8.34. The molecule has 6 heteroatoms. The average molecular weight is 218 g/mol. The number of ether oxygens (including phenoxy) is 2. The van der Waals surface area contributed by atoms with Crippen molar-refractivity contribution in [2.75, 3.05) is 13.2 Å². The molecule has 86 valence electrons. The minimum absolute atomic E-state index is 0.0663. The highest BCUT2D eigenvalue weighted by Gasteiger charge is 2.39. The molecule has 0 saturated carbocycles. The van der Waals surface area contributed by atoms with Crippen molar-refractivity contribution in [1.82, 2.24) is 0 Å². The second-order valence-electron chi connectivity index (χ2n) is 3.20. The van der Waals surface area contributed by atoms with E-state index in [9.17, 15) is 15.0 Å². The number of aliphatic hydroxyl groups excluding tert-OH is 3.